The van der Waals surface area contributed by atoms with E-state index in [2.05, 4.69) is 76.0 Å². The van der Waals surface area contributed by atoms with Gasteiger partial charge in [0.05, 0.1) is 11.2 Å². The number of carbonyl (C=O) groups excluding carboxylic acids is 1. The van der Waals surface area contributed by atoms with Crippen LogP contribution in [0, 0.1) is 13.8 Å². The molecule has 0 aliphatic carbocycles. The lowest BCUT2D eigenvalue weighted by molar-refractivity contribution is 0.00578. The zero-order chi connectivity index (χ0) is 22.6. The van der Waals surface area contributed by atoms with E-state index in [1.807, 2.05) is 25.1 Å². The monoisotopic (exact) mass is 415 g/mol. The van der Waals surface area contributed by atoms with E-state index in [1.165, 1.54) is 11.1 Å². The minimum Gasteiger partial charge on any atom is -0.399 e. The van der Waals surface area contributed by atoms with Crippen molar-refractivity contribution >= 4 is 18.9 Å². The average Bonchev–Trinajstić information content (AvgIpc) is 2.96. The molecular formula is C26H30BNO3. The van der Waals surface area contributed by atoms with Crippen molar-refractivity contribution < 1.29 is 14.1 Å². The minimum atomic E-state index is -0.261. The van der Waals surface area contributed by atoms with E-state index in [1.54, 1.807) is 12.3 Å². The number of benzene rings is 2. The van der Waals surface area contributed by atoms with E-state index in [-0.39, 0.29) is 18.3 Å². The van der Waals surface area contributed by atoms with Gasteiger partial charge in [0, 0.05) is 6.20 Å². The van der Waals surface area contributed by atoms with E-state index in [9.17, 15) is 4.79 Å². The maximum atomic E-state index is 10.6. The van der Waals surface area contributed by atoms with Gasteiger partial charge in [-0.3, -0.25) is 9.78 Å². The van der Waals surface area contributed by atoms with Crippen LogP contribution in [-0.2, 0) is 9.31 Å². The van der Waals surface area contributed by atoms with Crippen molar-refractivity contribution in [2.24, 2.45) is 0 Å². The molecule has 160 valence electrons. The summed E-state index contributed by atoms with van der Waals surface area (Å²) >= 11 is 0. The number of rotatable bonds is 3. The smallest absolute Gasteiger partial charge is 0.399 e. The van der Waals surface area contributed by atoms with Crippen LogP contribution < -0.4 is 5.46 Å². The molecule has 4 rings (SSSR count). The largest absolute Gasteiger partial charge is 0.494 e. The molecule has 1 fully saturated rings. The molecule has 4 nitrogen and oxygen atoms in total. The van der Waals surface area contributed by atoms with Crippen LogP contribution >= 0.6 is 0 Å². The Morgan fingerprint density at radius 1 is 0.774 bits per heavy atom. The maximum Gasteiger partial charge on any atom is 0.494 e. The maximum absolute atomic E-state index is 10.6. The van der Waals surface area contributed by atoms with Crippen LogP contribution in [-0.4, -0.2) is 29.6 Å². The molecule has 5 heteroatoms. The van der Waals surface area contributed by atoms with Gasteiger partial charge in [0.1, 0.15) is 5.69 Å². The molecule has 0 amide bonds. The fourth-order valence-electron chi connectivity index (χ4n) is 3.14. The van der Waals surface area contributed by atoms with Gasteiger partial charge in [-0.05, 0) is 70.3 Å². The first-order valence-electron chi connectivity index (χ1n) is 10.5. The molecule has 0 spiro atoms. The summed E-state index contributed by atoms with van der Waals surface area (Å²) in [6.07, 6.45) is 2.41. The van der Waals surface area contributed by atoms with E-state index < -0.39 is 0 Å². The molecule has 1 aliphatic rings. The van der Waals surface area contributed by atoms with Gasteiger partial charge in [-0.25, -0.2) is 0 Å². The average molecular weight is 415 g/mol. The quantitative estimate of drug-likeness (QED) is 0.438. The SMILES string of the molecule is Cc1ccc(-c2ccnc(C=O)c2)cc1.Cc1ccc(B2OC(C)(C)C(C)(C)O2)cc1. The third kappa shape index (κ3) is 5.49. The number of aldehydes is 1. The normalized spacial score (nSPS) is 16.4. The van der Waals surface area contributed by atoms with E-state index >= 15 is 0 Å². The van der Waals surface area contributed by atoms with Crippen molar-refractivity contribution in [1.82, 2.24) is 4.98 Å². The highest BCUT2D eigenvalue weighted by Gasteiger charge is 2.51. The Morgan fingerprint density at radius 2 is 1.29 bits per heavy atom. The molecule has 1 aliphatic heterocycles. The molecule has 3 aromatic rings. The summed E-state index contributed by atoms with van der Waals surface area (Å²) in [5, 5.41) is 0. The van der Waals surface area contributed by atoms with Crippen LogP contribution in [0.4, 0.5) is 0 Å². The molecule has 2 heterocycles. The minimum absolute atomic E-state index is 0.245. The summed E-state index contributed by atoms with van der Waals surface area (Å²) in [6, 6.07) is 20.2. The first kappa shape index (κ1) is 22.9. The van der Waals surface area contributed by atoms with Crippen molar-refractivity contribution in [2.75, 3.05) is 0 Å². The lowest BCUT2D eigenvalue weighted by Crippen LogP contribution is -2.41. The summed E-state index contributed by atoms with van der Waals surface area (Å²) in [7, 11) is -0.245. The van der Waals surface area contributed by atoms with Crippen LogP contribution in [0.15, 0.2) is 66.9 Å². The lowest BCUT2D eigenvalue weighted by Gasteiger charge is -2.32. The Kier molecular flexibility index (Phi) is 6.78. The van der Waals surface area contributed by atoms with Gasteiger partial charge in [0.2, 0.25) is 0 Å². The summed E-state index contributed by atoms with van der Waals surface area (Å²) in [5.74, 6) is 0. The molecule has 31 heavy (non-hydrogen) atoms. The second-order valence-electron chi connectivity index (χ2n) is 8.95. The van der Waals surface area contributed by atoms with E-state index in [4.69, 9.17) is 9.31 Å². The molecule has 1 saturated heterocycles. The fraction of sp³-hybridized carbons (Fsp3) is 0.308. The highest BCUT2D eigenvalue weighted by atomic mass is 16.7. The summed E-state index contributed by atoms with van der Waals surface area (Å²) in [4.78, 5) is 14.5. The molecule has 0 saturated carbocycles. The Hall–Kier alpha value is -2.76. The van der Waals surface area contributed by atoms with Crippen molar-refractivity contribution in [3.63, 3.8) is 0 Å². The van der Waals surface area contributed by atoms with Crippen molar-refractivity contribution in [2.45, 2.75) is 52.7 Å². The fourth-order valence-corrected chi connectivity index (χ4v) is 3.14. The summed E-state index contributed by atoms with van der Waals surface area (Å²) in [5.41, 5.74) is 5.63. The van der Waals surface area contributed by atoms with Gasteiger partial charge in [-0.2, -0.15) is 0 Å². The van der Waals surface area contributed by atoms with Gasteiger partial charge in [-0.15, -0.1) is 0 Å². The molecule has 0 atom stereocenters. The molecule has 1 aromatic heterocycles. The van der Waals surface area contributed by atoms with Crippen molar-refractivity contribution in [3.8, 4) is 11.1 Å². The summed E-state index contributed by atoms with van der Waals surface area (Å²) in [6.45, 7) is 12.4. The van der Waals surface area contributed by atoms with E-state index in [0.29, 0.717) is 5.69 Å². The standard InChI is InChI=1S/C13H19BO2.C13H11NO/c1-10-6-8-11(9-7-10)14-15-12(2,3)13(4,5)16-14;1-10-2-4-11(5-3-10)12-6-7-14-13(8-12)9-15/h6-9H,1-5H3;2-9H,1H3. The van der Waals surface area contributed by atoms with Crippen molar-refractivity contribution in [3.05, 3.63) is 83.7 Å². The van der Waals surface area contributed by atoms with Crippen LogP contribution in [0.2, 0.25) is 0 Å². The topological polar surface area (TPSA) is 48.4 Å². The predicted octanol–water partition coefficient (Wildman–Crippen LogP) is 5.16. The number of aryl methyl sites for hydroxylation is 2. The van der Waals surface area contributed by atoms with Gasteiger partial charge in [0.25, 0.3) is 0 Å². The molecule has 0 unspecified atom stereocenters. The lowest BCUT2D eigenvalue weighted by atomic mass is 9.79. The van der Waals surface area contributed by atoms with Crippen molar-refractivity contribution in [1.29, 1.82) is 0 Å². The number of hydrogen-bond acceptors (Lipinski definition) is 4. The number of aromatic nitrogens is 1. The number of hydrogen-bond donors (Lipinski definition) is 0. The Bertz CT molecular complexity index is 1010. The van der Waals surface area contributed by atoms with Crippen LogP contribution in [0.3, 0.4) is 0 Å². The predicted molar refractivity (Wildman–Crippen MR) is 127 cm³/mol. The number of carbonyl (C=O) groups is 1. The van der Waals surface area contributed by atoms with Gasteiger partial charge >= 0.3 is 7.12 Å². The Balaban J connectivity index is 0.000000176. The Morgan fingerprint density at radius 3 is 1.81 bits per heavy atom. The zero-order valence-electron chi connectivity index (χ0n) is 19.2. The highest BCUT2D eigenvalue weighted by Crippen LogP contribution is 2.36. The third-order valence-electron chi connectivity index (χ3n) is 5.89. The molecule has 2 aromatic carbocycles. The third-order valence-corrected chi connectivity index (χ3v) is 5.89. The second-order valence-corrected chi connectivity index (χ2v) is 8.95. The van der Waals surface area contributed by atoms with Gasteiger partial charge in [0.15, 0.2) is 6.29 Å². The first-order valence-corrected chi connectivity index (χ1v) is 10.5. The number of nitrogens with zero attached hydrogens (tertiary/aromatic N) is 1. The second kappa shape index (κ2) is 9.17. The zero-order valence-corrected chi connectivity index (χ0v) is 19.2. The van der Waals surface area contributed by atoms with Crippen LogP contribution in [0.1, 0.15) is 49.3 Å². The molecule has 0 radical (unpaired) electrons. The number of pyridine rings is 1. The first-order chi connectivity index (χ1) is 14.6. The van der Waals surface area contributed by atoms with Crippen LogP contribution in [0.5, 0.6) is 0 Å². The highest BCUT2D eigenvalue weighted by molar-refractivity contribution is 6.62. The summed E-state index contributed by atoms with van der Waals surface area (Å²) < 4.78 is 11.9. The van der Waals surface area contributed by atoms with Crippen LogP contribution in [0.25, 0.3) is 11.1 Å². The van der Waals surface area contributed by atoms with Gasteiger partial charge in [-0.1, -0.05) is 59.7 Å². The Labute approximate surface area is 185 Å². The van der Waals surface area contributed by atoms with Gasteiger partial charge < -0.3 is 9.31 Å². The molecule has 0 N–H and O–H groups in total. The molecule has 0 bridgehead atoms. The van der Waals surface area contributed by atoms with E-state index in [0.717, 1.165) is 22.9 Å². The molecular weight excluding hydrogens is 385 g/mol.